The molecule has 0 radical (unpaired) electrons. The van der Waals surface area contributed by atoms with Crippen molar-refractivity contribution in [2.24, 2.45) is 0 Å². The van der Waals surface area contributed by atoms with Crippen molar-refractivity contribution in [1.29, 1.82) is 5.26 Å². The zero-order valence-corrected chi connectivity index (χ0v) is 32.5. The van der Waals surface area contributed by atoms with E-state index in [-0.39, 0.29) is 24.2 Å². The highest BCUT2D eigenvalue weighted by molar-refractivity contribution is 7.03. The van der Waals surface area contributed by atoms with E-state index in [1.54, 1.807) is 36.8 Å². The fourth-order valence-corrected chi connectivity index (χ4v) is 6.85. The maximum atomic E-state index is 13.0. The summed E-state index contributed by atoms with van der Waals surface area (Å²) in [5, 5.41) is 21.4. The number of methoxy groups -OCH3 is 2. The largest absolute Gasteiger partial charge is 0.497 e. The zero-order chi connectivity index (χ0) is 39.7. The minimum atomic E-state index is -0.832. The average molecular weight is 788 g/mol. The van der Waals surface area contributed by atoms with Gasteiger partial charge in [0.1, 0.15) is 17.6 Å². The Morgan fingerprint density at radius 3 is 2.53 bits per heavy atom. The Labute approximate surface area is 332 Å². The molecule has 3 aromatic carbocycles. The predicted molar refractivity (Wildman–Crippen MR) is 215 cm³/mol. The molecule has 3 aromatic heterocycles. The molecule has 1 fully saturated rings. The highest BCUT2D eigenvalue weighted by Crippen LogP contribution is 2.23. The van der Waals surface area contributed by atoms with Crippen molar-refractivity contribution in [3.63, 3.8) is 0 Å². The van der Waals surface area contributed by atoms with E-state index in [2.05, 4.69) is 47.2 Å². The number of aromatic amines is 1. The van der Waals surface area contributed by atoms with Crippen LogP contribution in [0, 0.1) is 11.3 Å². The molecule has 0 bridgehead atoms. The van der Waals surface area contributed by atoms with Gasteiger partial charge in [-0.3, -0.25) is 9.69 Å². The Bertz CT molecular complexity index is 2360. The van der Waals surface area contributed by atoms with Crippen molar-refractivity contribution in [2.75, 3.05) is 69.5 Å². The summed E-state index contributed by atoms with van der Waals surface area (Å²) in [6.45, 7) is 3.87. The molecule has 1 aliphatic heterocycles. The van der Waals surface area contributed by atoms with Gasteiger partial charge in [0, 0.05) is 76.3 Å². The minimum absolute atomic E-state index is 0.0893. The van der Waals surface area contributed by atoms with Gasteiger partial charge >= 0.3 is 5.97 Å². The summed E-state index contributed by atoms with van der Waals surface area (Å²) < 4.78 is 14.3. The lowest BCUT2D eigenvalue weighted by Crippen LogP contribution is -2.48. The van der Waals surface area contributed by atoms with Gasteiger partial charge in [-0.1, -0.05) is 28.8 Å². The van der Waals surface area contributed by atoms with Crippen molar-refractivity contribution < 1.29 is 19.1 Å². The molecule has 0 aliphatic carbocycles. The zero-order valence-electron chi connectivity index (χ0n) is 31.7. The normalized spacial score (nSPS) is 13.5. The van der Waals surface area contributed by atoms with Gasteiger partial charge in [0.15, 0.2) is 5.69 Å². The van der Waals surface area contributed by atoms with Crippen LogP contribution in [0.3, 0.4) is 0 Å². The number of likely N-dealkylation sites (N-methyl/N-ethyl adjacent to an activating group) is 1. The second-order valence-corrected chi connectivity index (χ2v) is 14.0. The summed E-state index contributed by atoms with van der Waals surface area (Å²) in [4.78, 5) is 54.1. The van der Waals surface area contributed by atoms with Crippen molar-refractivity contribution in [2.45, 2.75) is 25.4 Å². The van der Waals surface area contributed by atoms with Crippen LogP contribution in [0.1, 0.15) is 33.0 Å². The topological polar surface area (TPSA) is 203 Å². The van der Waals surface area contributed by atoms with Gasteiger partial charge in [-0.05, 0) is 59.1 Å². The number of nitrogens with zero attached hydrogens (tertiary/aromatic N) is 10. The first-order valence-corrected chi connectivity index (χ1v) is 19.1. The van der Waals surface area contributed by atoms with E-state index in [1.807, 2.05) is 53.2 Å². The number of carbonyl (C=O) groups is 2. The maximum Gasteiger partial charge on any atom is 0.328 e. The molecule has 292 valence electrons. The number of nitrogens with one attached hydrogen (secondary N) is 3. The van der Waals surface area contributed by atoms with Gasteiger partial charge in [0.25, 0.3) is 5.91 Å². The summed E-state index contributed by atoms with van der Waals surface area (Å²) in [6.07, 6.45) is 0.835. The number of carbonyl (C=O) groups excluding carboxylic acids is 2. The molecule has 0 saturated carbocycles. The third-order valence-electron chi connectivity index (χ3n) is 9.53. The van der Waals surface area contributed by atoms with Crippen LogP contribution in [0.15, 0.2) is 72.1 Å². The number of nitriles is 1. The molecule has 1 atom stereocenters. The molecular weight excluding hydrogens is 747 g/mol. The van der Waals surface area contributed by atoms with Crippen LogP contribution in [-0.2, 0) is 28.9 Å². The van der Waals surface area contributed by atoms with Crippen LogP contribution < -0.4 is 20.3 Å². The van der Waals surface area contributed by atoms with E-state index in [0.29, 0.717) is 49.8 Å². The molecule has 1 aliphatic rings. The van der Waals surface area contributed by atoms with Crippen molar-refractivity contribution in [3.8, 4) is 11.8 Å². The number of amides is 1. The number of esters is 1. The Morgan fingerprint density at radius 2 is 1.79 bits per heavy atom. The number of rotatable bonds is 15. The summed E-state index contributed by atoms with van der Waals surface area (Å²) in [5.74, 6) is 1.76. The molecule has 0 unspecified atom stereocenters. The standard InChI is InChI=1S/C39H41N13O4S/c1-50(14-13-34-42-30-12-11-29(55-2)21-31(30)43-34)39-46-37(45-38(47-39)44-32(36(54)56-3)20-25-7-9-26(22-40)10-8-25)41-28-6-4-5-27(19-28)23-51-15-17-52(18-16-51)35(53)33-24-57-49-48-33/h4-12,19,21,24,32H,13-18,20,23H2,1-3H3,(H,42,43)(H2,41,44,45,46,47)/t32-/m0/s1. The van der Waals surface area contributed by atoms with Crippen LogP contribution in [0.4, 0.5) is 23.5 Å². The molecule has 7 rings (SSSR count). The first kappa shape index (κ1) is 38.6. The van der Waals surface area contributed by atoms with Crippen LogP contribution in [-0.4, -0.2) is 116 Å². The summed E-state index contributed by atoms with van der Waals surface area (Å²) in [6, 6.07) is 22.0. The number of fused-ring (bicyclic) bond motifs is 1. The SMILES string of the molecule is COC(=O)[C@H](Cc1ccc(C#N)cc1)Nc1nc(Nc2cccc(CN3CCN(C(=O)c4csnn4)CC3)c2)nc(N(C)CCc2nc3ccc(OC)cc3[nH]2)n1. The quantitative estimate of drug-likeness (QED) is 0.126. The fourth-order valence-electron chi connectivity index (χ4n) is 6.42. The first-order valence-electron chi connectivity index (χ1n) is 18.2. The minimum Gasteiger partial charge on any atom is -0.497 e. The van der Waals surface area contributed by atoms with E-state index in [4.69, 9.17) is 24.4 Å². The first-order chi connectivity index (χ1) is 27.8. The van der Waals surface area contributed by atoms with E-state index in [0.717, 1.165) is 52.5 Å². The molecule has 6 aromatic rings. The fraction of sp³-hybridized carbons (Fsp3) is 0.308. The number of imidazole rings is 1. The number of aromatic nitrogens is 7. The maximum absolute atomic E-state index is 13.0. The lowest BCUT2D eigenvalue weighted by molar-refractivity contribution is -0.141. The molecule has 17 nitrogen and oxygen atoms in total. The van der Waals surface area contributed by atoms with Gasteiger partial charge < -0.3 is 34.9 Å². The second-order valence-electron chi connectivity index (χ2n) is 13.4. The van der Waals surface area contributed by atoms with Gasteiger partial charge in [-0.15, -0.1) is 5.10 Å². The van der Waals surface area contributed by atoms with E-state index in [9.17, 15) is 14.9 Å². The molecule has 1 saturated heterocycles. The van der Waals surface area contributed by atoms with Gasteiger partial charge in [-0.25, -0.2) is 9.78 Å². The third kappa shape index (κ3) is 9.76. The van der Waals surface area contributed by atoms with Crippen LogP contribution in [0.25, 0.3) is 11.0 Å². The predicted octanol–water partition coefficient (Wildman–Crippen LogP) is 4.06. The Balaban J connectivity index is 1.08. The molecule has 0 spiro atoms. The smallest absolute Gasteiger partial charge is 0.328 e. The lowest BCUT2D eigenvalue weighted by atomic mass is 10.0. The number of piperazine rings is 1. The average Bonchev–Trinajstić information content (AvgIpc) is 3.93. The molecule has 4 heterocycles. The number of hydrogen-bond donors (Lipinski definition) is 3. The summed E-state index contributed by atoms with van der Waals surface area (Å²) in [5.41, 5.74) is 5.29. The second kappa shape index (κ2) is 17.8. The lowest BCUT2D eigenvalue weighted by Gasteiger charge is -2.34. The van der Waals surface area contributed by atoms with Crippen LogP contribution >= 0.6 is 11.5 Å². The number of ether oxygens (including phenoxy) is 2. The number of benzene rings is 3. The molecule has 3 N–H and O–H groups in total. The van der Waals surface area contributed by atoms with E-state index < -0.39 is 12.0 Å². The Morgan fingerprint density at radius 1 is 0.982 bits per heavy atom. The highest BCUT2D eigenvalue weighted by Gasteiger charge is 2.25. The van der Waals surface area contributed by atoms with Crippen molar-refractivity contribution in [3.05, 3.63) is 100 Å². The van der Waals surface area contributed by atoms with Crippen molar-refractivity contribution in [1.82, 2.24) is 44.3 Å². The Kier molecular flexibility index (Phi) is 12.1. The molecule has 1 amide bonds. The number of anilines is 4. The highest BCUT2D eigenvalue weighted by atomic mass is 32.1. The van der Waals surface area contributed by atoms with Gasteiger partial charge in [0.05, 0.1) is 36.9 Å². The number of hydrogen-bond acceptors (Lipinski definition) is 16. The molecule has 18 heteroatoms. The van der Waals surface area contributed by atoms with Crippen LogP contribution in [0.5, 0.6) is 5.75 Å². The monoisotopic (exact) mass is 787 g/mol. The van der Waals surface area contributed by atoms with Gasteiger partial charge in [0.2, 0.25) is 17.8 Å². The van der Waals surface area contributed by atoms with Crippen molar-refractivity contribution >= 4 is 58.0 Å². The summed E-state index contributed by atoms with van der Waals surface area (Å²) in [7, 11) is 4.84. The third-order valence-corrected chi connectivity index (χ3v) is 10.0. The van der Waals surface area contributed by atoms with E-state index in [1.165, 1.54) is 18.6 Å². The Hall–Kier alpha value is -6.71. The molecule has 57 heavy (non-hydrogen) atoms. The molecular formula is C39H41N13O4S. The van der Waals surface area contributed by atoms with E-state index >= 15 is 0 Å². The summed E-state index contributed by atoms with van der Waals surface area (Å²) >= 11 is 1.17. The van der Waals surface area contributed by atoms with Crippen LogP contribution in [0.2, 0.25) is 0 Å². The number of H-pyrrole nitrogens is 1. The van der Waals surface area contributed by atoms with Gasteiger partial charge in [-0.2, -0.15) is 20.2 Å².